The van der Waals surface area contributed by atoms with Crippen molar-refractivity contribution in [3.8, 4) is 5.75 Å². The lowest BCUT2D eigenvalue weighted by molar-refractivity contribution is 0.0977. The maximum absolute atomic E-state index is 13.2. The van der Waals surface area contributed by atoms with E-state index in [0.717, 1.165) is 24.1 Å². The third-order valence-corrected chi connectivity index (χ3v) is 8.37. The van der Waals surface area contributed by atoms with Gasteiger partial charge in [-0.3, -0.25) is 14.4 Å². The van der Waals surface area contributed by atoms with Crippen molar-refractivity contribution in [1.29, 1.82) is 0 Å². The first-order valence-electron chi connectivity index (χ1n) is 11.5. The number of unbranched alkanes of at least 4 members (excludes halogenated alkanes) is 1. The molecule has 2 N–H and O–H groups in total. The highest BCUT2D eigenvalue weighted by Crippen LogP contribution is 2.33. The SMILES string of the molecule is CCCCOc1ccc(C(=O)NC(=S)Nc2ccc(S(=O)(=O)N3CCc4ccccc43)cc2)cc1Br. The summed E-state index contributed by atoms with van der Waals surface area (Å²) in [5.74, 6) is 0.299. The number of benzene rings is 3. The number of thiocarbonyl (C=S) groups is 1. The van der Waals surface area contributed by atoms with Crippen LogP contribution in [0.1, 0.15) is 35.7 Å². The highest BCUT2D eigenvalue weighted by atomic mass is 79.9. The van der Waals surface area contributed by atoms with E-state index in [-0.39, 0.29) is 15.9 Å². The summed E-state index contributed by atoms with van der Waals surface area (Å²) in [4.78, 5) is 12.8. The summed E-state index contributed by atoms with van der Waals surface area (Å²) >= 11 is 8.71. The molecule has 188 valence electrons. The zero-order valence-corrected chi connectivity index (χ0v) is 22.9. The van der Waals surface area contributed by atoms with Crippen molar-refractivity contribution in [2.45, 2.75) is 31.1 Å². The van der Waals surface area contributed by atoms with Gasteiger partial charge in [0.2, 0.25) is 0 Å². The Balaban J connectivity index is 1.37. The number of rotatable bonds is 8. The van der Waals surface area contributed by atoms with Crippen molar-refractivity contribution < 1.29 is 17.9 Å². The number of hydrogen-bond donors (Lipinski definition) is 2. The van der Waals surface area contributed by atoms with Crippen molar-refractivity contribution in [2.75, 3.05) is 22.8 Å². The first-order valence-corrected chi connectivity index (χ1v) is 14.2. The Hall–Kier alpha value is -2.95. The lowest BCUT2D eigenvalue weighted by atomic mass is 10.2. The van der Waals surface area contributed by atoms with Gasteiger partial charge in [-0.2, -0.15) is 0 Å². The third kappa shape index (κ3) is 5.88. The van der Waals surface area contributed by atoms with Gasteiger partial charge >= 0.3 is 0 Å². The van der Waals surface area contributed by atoms with E-state index in [1.807, 2.05) is 24.3 Å². The van der Waals surface area contributed by atoms with Crippen LogP contribution in [-0.4, -0.2) is 32.6 Å². The summed E-state index contributed by atoms with van der Waals surface area (Å²) < 4.78 is 34.2. The number of sulfonamides is 1. The second-order valence-electron chi connectivity index (χ2n) is 8.24. The molecule has 0 atom stereocenters. The Morgan fingerprint density at radius 1 is 1.11 bits per heavy atom. The number of nitrogens with zero attached hydrogens (tertiary/aromatic N) is 1. The standard InChI is InChI=1S/C26H26BrN3O4S2/c1-2-3-16-34-24-13-8-19(17-22(24)27)25(31)29-26(35)28-20-9-11-21(12-10-20)36(32,33)30-15-14-18-6-4-5-7-23(18)30/h4-13,17H,2-3,14-16H2,1H3,(H2,28,29,31,35). The number of fused-ring (bicyclic) bond motifs is 1. The second-order valence-corrected chi connectivity index (χ2v) is 11.4. The van der Waals surface area contributed by atoms with Gasteiger partial charge in [-0.25, -0.2) is 8.42 Å². The molecule has 0 fully saturated rings. The predicted molar refractivity (Wildman–Crippen MR) is 149 cm³/mol. The van der Waals surface area contributed by atoms with E-state index < -0.39 is 10.0 Å². The minimum absolute atomic E-state index is 0.100. The molecule has 36 heavy (non-hydrogen) atoms. The maximum Gasteiger partial charge on any atom is 0.264 e. The molecule has 1 heterocycles. The monoisotopic (exact) mass is 587 g/mol. The van der Waals surface area contributed by atoms with Gasteiger partial charge in [0.25, 0.3) is 15.9 Å². The van der Waals surface area contributed by atoms with E-state index >= 15 is 0 Å². The van der Waals surface area contributed by atoms with Gasteiger partial charge in [-0.15, -0.1) is 0 Å². The van der Waals surface area contributed by atoms with Crippen LogP contribution in [0.4, 0.5) is 11.4 Å². The number of carbonyl (C=O) groups excluding carboxylic acids is 1. The molecule has 0 saturated carbocycles. The summed E-state index contributed by atoms with van der Waals surface area (Å²) in [7, 11) is -3.68. The lowest BCUT2D eigenvalue weighted by Gasteiger charge is -2.19. The molecule has 1 amide bonds. The molecule has 0 bridgehead atoms. The average Bonchev–Trinajstić information content (AvgIpc) is 3.30. The number of carbonyl (C=O) groups is 1. The molecule has 0 aromatic heterocycles. The maximum atomic E-state index is 13.2. The Kier molecular flexibility index (Phi) is 8.28. The molecule has 3 aromatic rings. The van der Waals surface area contributed by atoms with Gasteiger partial charge in [0.15, 0.2) is 5.11 Å². The lowest BCUT2D eigenvalue weighted by Crippen LogP contribution is -2.34. The number of hydrogen-bond acceptors (Lipinski definition) is 5. The number of ether oxygens (including phenoxy) is 1. The van der Waals surface area contributed by atoms with E-state index in [1.54, 1.807) is 30.3 Å². The van der Waals surface area contributed by atoms with E-state index in [2.05, 4.69) is 33.5 Å². The van der Waals surface area contributed by atoms with Gasteiger partial charge in [0.1, 0.15) is 5.75 Å². The molecule has 7 nitrogen and oxygen atoms in total. The van der Waals surface area contributed by atoms with Gasteiger partial charge in [0, 0.05) is 17.8 Å². The number of anilines is 2. The Morgan fingerprint density at radius 2 is 1.86 bits per heavy atom. The molecular weight excluding hydrogens is 562 g/mol. The molecule has 1 aliphatic heterocycles. The van der Waals surface area contributed by atoms with E-state index in [4.69, 9.17) is 17.0 Å². The minimum Gasteiger partial charge on any atom is -0.492 e. The molecule has 4 rings (SSSR count). The first kappa shape index (κ1) is 26.1. The first-order chi connectivity index (χ1) is 17.3. The van der Waals surface area contributed by atoms with Crippen LogP contribution >= 0.6 is 28.1 Å². The van der Waals surface area contributed by atoms with E-state index in [0.29, 0.717) is 41.0 Å². The zero-order chi connectivity index (χ0) is 25.7. The quantitative estimate of drug-likeness (QED) is 0.267. The number of amides is 1. The van der Waals surface area contributed by atoms with Crippen molar-refractivity contribution >= 4 is 60.6 Å². The third-order valence-electron chi connectivity index (χ3n) is 5.72. The van der Waals surface area contributed by atoms with Crippen molar-refractivity contribution in [3.05, 3.63) is 82.3 Å². The molecule has 10 heteroatoms. The Bertz CT molecular complexity index is 1380. The van der Waals surface area contributed by atoms with Crippen molar-refractivity contribution in [2.24, 2.45) is 0 Å². The predicted octanol–water partition coefficient (Wildman–Crippen LogP) is 5.51. The zero-order valence-electron chi connectivity index (χ0n) is 19.7. The fraction of sp³-hybridized carbons (Fsp3) is 0.231. The number of para-hydroxylation sites is 1. The summed E-state index contributed by atoms with van der Waals surface area (Å²) in [6.45, 7) is 3.12. The Labute approximate surface area is 225 Å². The number of nitrogens with one attached hydrogen (secondary N) is 2. The Morgan fingerprint density at radius 3 is 2.58 bits per heavy atom. The highest BCUT2D eigenvalue weighted by molar-refractivity contribution is 9.10. The average molecular weight is 589 g/mol. The summed E-state index contributed by atoms with van der Waals surface area (Å²) in [5.41, 5.74) is 2.71. The molecular formula is C26H26BrN3O4S2. The second kappa shape index (κ2) is 11.4. The van der Waals surface area contributed by atoms with Gasteiger partial charge in [-0.1, -0.05) is 31.5 Å². The highest BCUT2D eigenvalue weighted by Gasteiger charge is 2.30. The van der Waals surface area contributed by atoms with Crippen LogP contribution < -0.4 is 19.7 Å². The van der Waals surface area contributed by atoms with Gasteiger partial charge in [0.05, 0.1) is 21.7 Å². The number of halogens is 1. The van der Waals surface area contributed by atoms with Crippen LogP contribution in [0.25, 0.3) is 0 Å². The fourth-order valence-electron chi connectivity index (χ4n) is 3.82. The van der Waals surface area contributed by atoms with E-state index in [1.165, 1.54) is 16.4 Å². The molecule has 3 aromatic carbocycles. The molecule has 0 aliphatic carbocycles. The van der Waals surface area contributed by atoms with Crippen LogP contribution in [0.3, 0.4) is 0 Å². The summed E-state index contributed by atoms with van der Waals surface area (Å²) in [6, 6.07) is 18.9. The van der Waals surface area contributed by atoms with Crippen LogP contribution in [0.15, 0.2) is 76.1 Å². The largest absolute Gasteiger partial charge is 0.492 e. The summed E-state index contributed by atoms with van der Waals surface area (Å²) in [5, 5.41) is 5.66. The van der Waals surface area contributed by atoms with Crippen LogP contribution in [0.2, 0.25) is 0 Å². The van der Waals surface area contributed by atoms with Gasteiger partial charge in [-0.05, 0) is 95.1 Å². The topological polar surface area (TPSA) is 87.7 Å². The van der Waals surface area contributed by atoms with Crippen LogP contribution in [-0.2, 0) is 16.4 Å². The minimum atomic E-state index is -3.68. The molecule has 1 aliphatic rings. The molecule has 0 spiro atoms. The van der Waals surface area contributed by atoms with Crippen LogP contribution in [0.5, 0.6) is 5.75 Å². The smallest absolute Gasteiger partial charge is 0.264 e. The van der Waals surface area contributed by atoms with E-state index in [9.17, 15) is 13.2 Å². The van der Waals surface area contributed by atoms with Crippen LogP contribution in [0, 0.1) is 0 Å². The normalized spacial score (nSPS) is 12.7. The molecule has 0 unspecified atom stereocenters. The van der Waals surface area contributed by atoms with Crippen molar-refractivity contribution in [3.63, 3.8) is 0 Å². The fourth-order valence-corrected chi connectivity index (χ4v) is 6.03. The molecule has 0 saturated heterocycles. The van der Waals surface area contributed by atoms with Gasteiger partial charge < -0.3 is 10.1 Å². The summed E-state index contributed by atoms with van der Waals surface area (Å²) in [6.07, 6.45) is 2.68. The van der Waals surface area contributed by atoms with Crippen molar-refractivity contribution in [1.82, 2.24) is 5.32 Å². The molecule has 0 radical (unpaired) electrons.